The first-order chi connectivity index (χ1) is 19.6. The van der Waals surface area contributed by atoms with E-state index in [2.05, 4.69) is 15.6 Å². The van der Waals surface area contributed by atoms with E-state index in [-0.39, 0.29) is 40.9 Å². The molecule has 2 fully saturated rings. The number of carboxylic acids is 1. The lowest BCUT2D eigenvalue weighted by molar-refractivity contribution is -0.153. The number of allylic oxidation sites excluding steroid dienone is 1. The van der Waals surface area contributed by atoms with Gasteiger partial charge in [0.1, 0.15) is 0 Å². The highest BCUT2D eigenvalue weighted by atomic mass is 19.4. The summed E-state index contributed by atoms with van der Waals surface area (Å²) in [5.41, 5.74) is -0.478. The van der Waals surface area contributed by atoms with Gasteiger partial charge in [-0.2, -0.15) is 13.2 Å². The predicted molar refractivity (Wildman–Crippen MR) is 141 cm³/mol. The van der Waals surface area contributed by atoms with Gasteiger partial charge in [0.25, 0.3) is 5.91 Å². The first-order valence-electron chi connectivity index (χ1n) is 13.7. The van der Waals surface area contributed by atoms with Crippen LogP contribution in [0.3, 0.4) is 0 Å². The van der Waals surface area contributed by atoms with Crippen molar-refractivity contribution in [2.45, 2.75) is 50.7 Å². The van der Waals surface area contributed by atoms with Crippen LogP contribution in [0.15, 0.2) is 58.8 Å². The van der Waals surface area contributed by atoms with Crippen LogP contribution in [0.25, 0.3) is 11.5 Å². The number of hydrogen-bond donors (Lipinski definition) is 3. The van der Waals surface area contributed by atoms with E-state index in [1.54, 1.807) is 35.3 Å². The number of carbonyl (C=O) groups excluding carboxylic acids is 2. The highest BCUT2D eigenvalue weighted by molar-refractivity contribution is 5.95. The number of carbonyl (C=O) groups is 3. The quantitative estimate of drug-likeness (QED) is 0.463. The van der Waals surface area contributed by atoms with Gasteiger partial charge in [0.2, 0.25) is 17.6 Å². The average molecular weight is 573 g/mol. The first-order valence-corrected chi connectivity index (χ1v) is 13.7. The lowest BCUT2D eigenvalue weighted by Crippen LogP contribution is -2.48. The molecule has 9 nitrogen and oxygen atoms in total. The van der Waals surface area contributed by atoms with Crippen LogP contribution in [0, 0.1) is 17.8 Å². The van der Waals surface area contributed by atoms with Crippen LogP contribution in [-0.2, 0) is 15.8 Å². The number of aliphatic carboxylic acids is 1. The van der Waals surface area contributed by atoms with Crippen LogP contribution in [-0.4, -0.2) is 51.9 Å². The number of carboxylic acid groups (broad SMARTS) is 1. The zero-order valence-corrected chi connectivity index (χ0v) is 22.2. The Kier molecular flexibility index (Phi) is 8.30. The number of piperidine rings is 1. The lowest BCUT2D eigenvalue weighted by Gasteiger charge is -2.40. The smallest absolute Gasteiger partial charge is 0.452 e. The standard InChI is InChI=1S/C29H31F3N4O5/c30-29(31,32)24-23(35-26(41-24)18-4-2-1-3-5-18)25(37)34-21-10-11-22(17-12-14-33-15-13-17)36(16-21)27(38)19-6-8-20(9-7-19)28(39)40/h1-5,10-11,16-17,19-20,22,33H,6-9,12-15H2,(H,34,37)(H,39,40). The second kappa shape index (κ2) is 11.9. The molecule has 3 aliphatic rings. The molecule has 2 aromatic rings. The topological polar surface area (TPSA) is 125 Å². The molecule has 0 spiro atoms. The molecule has 218 valence electrons. The Hall–Kier alpha value is -3.93. The summed E-state index contributed by atoms with van der Waals surface area (Å²) in [7, 11) is 0. The van der Waals surface area contributed by atoms with Gasteiger partial charge in [-0.15, -0.1) is 0 Å². The van der Waals surface area contributed by atoms with E-state index in [1.165, 1.54) is 18.3 Å². The van der Waals surface area contributed by atoms with Gasteiger partial charge >= 0.3 is 12.1 Å². The molecule has 1 aliphatic carbocycles. The van der Waals surface area contributed by atoms with Crippen LogP contribution in [0.5, 0.6) is 0 Å². The van der Waals surface area contributed by atoms with E-state index in [1.807, 2.05) is 0 Å². The molecule has 1 unspecified atom stereocenters. The largest absolute Gasteiger partial charge is 0.481 e. The van der Waals surface area contributed by atoms with Crippen molar-refractivity contribution in [3.63, 3.8) is 0 Å². The second-order valence-electron chi connectivity index (χ2n) is 10.7. The Labute approximate surface area is 234 Å². The molecule has 0 bridgehead atoms. The van der Waals surface area contributed by atoms with Gasteiger partial charge in [-0.25, -0.2) is 4.98 Å². The minimum Gasteiger partial charge on any atom is -0.481 e. The highest BCUT2D eigenvalue weighted by Gasteiger charge is 2.42. The molecule has 5 rings (SSSR count). The van der Waals surface area contributed by atoms with E-state index in [9.17, 15) is 32.7 Å². The molecule has 2 amide bonds. The molecular weight excluding hydrogens is 541 g/mol. The summed E-state index contributed by atoms with van der Waals surface area (Å²) in [4.78, 5) is 43.6. The molecule has 1 aromatic carbocycles. The van der Waals surface area contributed by atoms with Gasteiger partial charge in [0.05, 0.1) is 17.7 Å². The number of benzene rings is 1. The van der Waals surface area contributed by atoms with Crippen LogP contribution >= 0.6 is 0 Å². The summed E-state index contributed by atoms with van der Waals surface area (Å²) >= 11 is 0. The number of amides is 2. The van der Waals surface area contributed by atoms with Gasteiger partial charge < -0.3 is 25.1 Å². The third-order valence-electron chi connectivity index (χ3n) is 8.00. The maximum Gasteiger partial charge on any atom is 0.452 e. The van der Waals surface area contributed by atoms with Crippen LogP contribution < -0.4 is 10.6 Å². The van der Waals surface area contributed by atoms with Crippen molar-refractivity contribution >= 4 is 17.8 Å². The molecule has 2 aliphatic heterocycles. The third kappa shape index (κ3) is 6.37. The maximum absolute atomic E-state index is 13.8. The molecule has 1 atom stereocenters. The molecular formula is C29H31F3N4O5. The molecule has 1 saturated heterocycles. The van der Waals surface area contributed by atoms with E-state index in [4.69, 9.17) is 4.42 Å². The van der Waals surface area contributed by atoms with Crippen molar-refractivity contribution in [1.82, 2.24) is 20.5 Å². The number of nitrogens with one attached hydrogen (secondary N) is 2. The Balaban J connectivity index is 1.39. The monoisotopic (exact) mass is 572 g/mol. The highest BCUT2D eigenvalue weighted by Crippen LogP contribution is 2.36. The summed E-state index contributed by atoms with van der Waals surface area (Å²) in [5.74, 6) is -4.71. The second-order valence-corrected chi connectivity index (χ2v) is 10.7. The van der Waals surface area contributed by atoms with Gasteiger partial charge in [0.15, 0.2) is 5.69 Å². The number of aromatic nitrogens is 1. The van der Waals surface area contributed by atoms with Gasteiger partial charge in [0, 0.05) is 17.7 Å². The Morgan fingerprint density at radius 3 is 2.29 bits per heavy atom. The van der Waals surface area contributed by atoms with Crippen molar-refractivity contribution in [3.05, 3.63) is 65.8 Å². The average Bonchev–Trinajstić information content (AvgIpc) is 3.45. The fourth-order valence-electron chi connectivity index (χ4n) is 5.79. The first kappa shape index (κ1) is 28.6. The molecule has 41 heavy (non-hydrogen) atoms. The molecule has 1 saturated carbocycles. The molecule has 3 heterocycles. The number of hydrogen-bond acceptors (Lipinski definition) is 6. The summed E-state index contributed by atoms with van der Waals surface area (Å²) in [6.07, 6.45) is 3.24. The number of alkyl halides is 3. The Morgan fingerprint density at radius 2 is 1.66 bits per heavy atom. The molecule has 0 radical (unpaired) electrons. The molecule has 12 heteroatoms. The van der Waals surface area contributed by atoms with E-state index < -0.39 is 35.4 Å². The van der Waals surface area contributed by atoms with Crippen molar-refractivity contribution in [2.75, 3.05) is 13.1 Å². The van der Waals surface area contributed by atoms with E-state index in [0.29, 0.717) is 25.7 Å². The number of rotatable bonds is 6. The van der Waals surface area contributed by atoms with Crippen molar-refractivity contribution in [2.24, 2.45) is 17.8 Å². The third-order valence-corrected chi connectivity index (χ3v) is 8.00. The SMILES string of the molecule is O=C(NC1=CN(C(=O)C2CCC(C(=O)O)CC2)C(C2CCNCC2)C=C1)c1nc(-c2ccccc2)oc1C(F)(F)F. The fraction of sp³-hybridized carbons (Fsp3) is 0.448. The van der Waals surface area contributed by atoms with E-state index in [0.717, 1.165) is 25.9 Å². The predicted octanol–water partition coefficient (Wildman–Crippen LogP) is 4.59. The zero-order valence-electron chi connectivity index (χ0n) is 22.2. The van der Waals surface area contributed by atoms with Gasteiger partial charge in [-0.1, -0.05) is 24.3 Å². The summed E-state index contributed by atoms with van der Waals surface area (Å²) in [6, 6.07) is 7.67. The van der Waals surface area contributed by atoms with Gasteiger partial charge in [-0.05, 0) is 75.7 Å². The van der Waals surface area contributed by atoms with Crippen LogP contribution in [0.1, 0.15) is 54.8 Å². The number of halogens is 3. The molecule has 3 N–H and O–H groups in total. The van der Waals surface area contributed by atoms with Crippen molar-refractivity contribution < 1.29 is 37.1 Å². The van der Waals surface area contributed by atoms with E-state index >= 15 is 0 Å². The molecule has 1 aromatic heterocycles. The van der Waals surface area contributed by atoms with Crippen molar-refractivity contribution in [3.8, 4) is 11.5 Å². The fourth-order valence-corrected chi connectivity index (χ4v) is 5.79. The summed E-state index contributed by atoms with van der Waals surface area (Å²) < 4.78 is 46.4. The zero-order chi connectivity index (χ0) is 29.1. The number of nitrogens with zero attached hydrogens (tertiary/aromatic N) is 2. The van der Waals surface area contributed by atoms with Crippen molar-refractivity contribution in [1.29, 1.82) is 0 Å². The minimum atomic E-state index is -4.96. The number of oxazole rings is 1. The normalized spacial score (nSPS) is 23.6. The summed E-state index contributed by atoms with van der Waals surface area (Å²) in [6.45, 7) is 1.59. The van der Waals surface area contributed by atoms with Crippen LogP contribution in [0.4, 0.5) is 13.2 Å². The summed E-state index contributed by atoms with van der Waals surface area (Å²) in [5, 5.41) is 15.1. The minimum absolute atomic E-state index is 0.144. The lowest BCUT2D eigenvalue weighted by atomic mass is 9.80. The Bertz CT molecular complexity index is 1340. The van der Waals surface area contributed by atoms with Gasteiger partial charge in [-0.3, -0.25) is 14.4 Å². The maximum atomic E-state index is 13.8. The Morgan fingerprint density at radius 1 is 1.00 bits per heavy atom. The van der Waals surface area contributed by atoms with Crippen LogP contribution in [0.2, 0.25) is 0 Å².